The second-order valence-electron chi connectivity index (χ2n) is 4.85. The molecule has 0 unspecified atom stereocenters. The van der Waals surface area contributed by atoms with Gasteiger partial charge >= 0.3 is 5.97 Å². The van der Waals surface area contributed by atoms with E-state index >= 15 is 0 Å². The summed E-state index contributed by atoms with van der Waals surface area (Å²) in [5.41, 5.74) is 2.25. The minimum absolute atomic E-state index is 0.0838. The van der Waals surface area contributed by atoms with E-state index in [2.05, 4.69) is 13.8 Å². The molecular weight excluding hydrogens is 240 g/mol. The number of phenolic OH excluding ortho intramolecular Hbond substituents is 1. The topological polar surface area (TPSA) is 46.5 Å². The van der Waals surface area contributed by atoms with Crippen molar-refractivity contribution in [2.24, 2.45) is 0 Å². The standard InChI is InChI=1S/C16H24O3/c1-4-6-8-12-10-13(9-7-5-2)15(17)14(11-12)16(18)19-3/h10-11,17H,4-9H2,1-3H3. The van der Waals surface area contributed by atoms with E-state index in [4.69, 9.17) is 4.74 Å². The molecule has 0 aliphatic rings. The molecule has 0 radical (unpaired) electrons. The Kier molecular flexibility index (Phi) is 6.40. The molecule has 19 heavy (non-hydrogen) atoms. The number of benzene rings is 1. The van der Waals surface area contributed by atoms with Crippen LogP contribution in [0.3, 0.4) is 0 Å². The Morgan fingerprint density at radius 3 is 2.37 bits per heavy atom. The zero-order valence-corrected chi connectivity index (χ0v) is 12.2. The lowest BCUT2D eigenvalue weighted by molar-refractivity contribution is 0.0597. The molecule has 0 bridgehead atoms. The van der Waals surface area contributed by atoms with Crippen LogP contribution in [-0.2, 0) is 17.6 Å². The maximum absolute atomic E-state index is 11.7. The summed E-state index contributed by atoms with van der Waals surface area (Å²) in [6.07, 6.45) is 5.99. The van der Waals surface area contributed by atoms with E-state index < -0.39 is 5.97 Å². The van der Waals surface area contributed by atoms with Crippen molar-refractivity contribution in [1.82, 2.24) is 0 Å². The third-order valence-corrected chi connectivity index (χ3v) is 3.27. The fourth-order valence-electron chi connectivity index (χ4n) is 2.11. The molecule has 0 fully saturated rings. The highest BCUT2D eigenvalue weighted by Crippen LogP contribution is 2.27. The van der Waals surface area contributed by atoms with Crippen molar-refractivity contribution in [2.75, 3.05) is 7.11 Å². The normalized spacial score (nSPS) is 10.5. The van der Waals surface area contributed by atoms with Crippen molar-refractivity contribution >= 4 is 5.97 Å². The van der Waals surface area contributed by atoms with Gasteiger partial charge in [0.05, 0.1) is 7.11 Å². The number of ether oxygens (including phenoxy) is 1. The van der Waals surface area contributed by atoms with E-state index in [9.17, 15) is 9.90 Å². The monoisotopic (exact) mass is 264 g/mol. The molecule has 3 nitrogen and oxygen atoms in total. The first-order chi connectivity index (χ1) is 9.13. The van der Waals surface area contributed by atoms with Crippen LogP contribution in [-0.4, -0.2) is 18.2 Å². The fraction of sp³-hybridized carbons (Fsp3) is 0.562. The summed E-state index contributed by atoms with van der Waals surface area (Å²) < 4.78 is 4.74. The number of rotatable bonds is 7. The summed E-state index contributed by atoms with van der Waals surface area (Å²) in [6.45, 7) is 4.25. The molecule has 0 aromatic heterocycles. The first kappa shape index (κ1) is 15.5. The van der Waals surface area contributed by atoms with Gasteiger partial charge in [-0.05, 0) is 42.9 Å². The second kappa shape index (κ2) is 7.82. The molecular formula is C16H24O3. The lowest BCUT2D eigenvalue weighted by Crippen LogP contribution is -2.05. The quantitative estimate of drug-likeness (QED) is 0.760. The average molecular weight is 264 g/mol. The minimum Gasteiger partial charge on any atom is -0.507 e. The molecule has 0 atom stereocenters. The van der Waals surface area contributed by atoms with Gasteiger partial charge in [-0.1, -0.05) is 32.8 Å². The van der Waals surface area contributed by atoms with E-state index in [-0.39, 0.29) is 5.75 Å². The van der Waals surface area contributed by atoms with Crippen molar-refractivity contribution in [3.63, 3.8) is 0 Å². The maximum Gasteiger partial charge on any atom is 0.341 e. The van der Waals surface area contributed by atoms with E-state index in [0.717, 1.165) is 49.7 Å². The second-order valence-corrected chi connectivity index (χ2v) is 4.85. The van der Waals surface area contributed by atoms with Gasteiger partial charge in [-0.25, -0.2) is 4.79 Å². The molecule has 106 valence electrons. The Hall–Kier alpha value is -1.51. The SMILES string of the molecule is CCCCc1cc(CCCC)c(O)c(C(=O)OC)c1. The van der Waals surface area contributed by atoms with Crippen molar-refractivity contribution in [2.45, 2.75) is 52.4 Å². The van der Waals surface area contributed by atoms with Crippen LogP contribution in [0.25, 0.3) is 0 Å². The molecule has 1 rings (SSSR count). The predicted molar refractivity (Wildman–Crippen MR) is 76.7 cm³/mol. The molecule has 0 heterocycles. The zero-order valence-electron chi connectivity index (χ0n) is 12.2. The number of aryl methyl sites for hydroxylation is 2. The molecule has 0 aliphatic heterocycles. The van der Waals surface area contributed by atoms with Crippen LogP contribution in [0.1, 0.15) is 61.0 Å². The van der Waals surface area contributed by atoms with Gasteiger partial charge in [-0.2, -0.15) is 0 Å². The lowest BCUT2D eigenvalue weighted by Gasteiger charge is -2.12. The predicted octanol–water partition coefficient (Wildman–Crippen LogP) is 3.86. The van der Waals surface area contributed by atoms with Crippen molar-refractivity contribution in [3.8, 4) is 5.75 Å². The molecule has 0 saturated heterocycles. The summed E-state index contributed by atoms with van der Waals surface area (Å²) in [5.74, 6) is -0.380. The highest BCUT2D eigenvalue weighted by atomic mass is 16.5. The summed E-state index contributed by atoms with van der Waals surface area (Å²) >= 11 is 0. The van der Waals surface area contributed by atoms with Crippen LogP contribution >= 0.6 is 0 Å². The Balaban J connectivity index is 3.09. The fourth-order valence-corrected chi connectivity index (χ4v) is 2.11. The first-order valence-electron chi connectivity index (χ1n) is 7.07. The van der Waals surface area contributed by atoms with Crippen LogP contribution in [0, 0.1) is 0 Å². The van der Waals surface area contributed by atoms with Gasteiger partial charge in [0.2, 0.25) is 0 Å². The summed E-state index contributed by atoms with van der Waals surface area (Å²) in [6, 6.07) is 3.78. The lowest BCUT2D eigenvalue weighted by atomic mass is 9.97. The van der Waals surface area contributed by atoms with E-state index in [1.807, 2.05) is 6.07 Å². The van der Waals surface area contributed by atoms with Crippen LogP contribution in [0.4, 0.5) is 0 Å². The van der Waals surface area contributed by atoms with E-state index in [0.29, 0.717) is 5.56 Å². The van der Waals surface area contributed by atoms with Gasteiger partial charge in [-0.3, -0.25) is 0 Å². The van der Waals surface area contributed by atoms with E-state index in [1.165, 1.54) is 7.11 Å². The minimum atomic E-state index is -0.464. The third kappa shape index (κ3) is 4.27. The van der Waals surface area contributed by atoms with Gasteiger partial charge in [0.15, 0.2) is 0 Å². The summed E-state index contributed by atoms with van der Waals surface area (Å²) in [5, 5.41) is 10.2. The first-order valence-corrected chi connectivity index (χ1v) is 7.07. The number of hydrogen-bond donors (Lipinski definition) is 1. The third-order valence-electron chi connectivity index (χ3n) is 3.27. The molecule has 0 aliphatic carbocycles. The Bertz CT molecular complexity index is 424. The Morgan fingerprint density at radius 1 is 1.16 bits per heavy atom. The number of methoxy groups -OCH3 is 1. The highest BCUT2D eigenvalue weighted by molar-refractivity contribution is 5.93. The van der Waals surface area contributed by atoms with Crippen molar-refractivity contribution in [1.29, 1.82) is 0 Å². The van der Waals surface area contributed by atoms with Crippen molar-refractivity contribution < 1.29 is 14.6 Å². The average Bonchev–Trinajstić information content (AvgIpc) is 2.43. The molecule has 0 saturated carbocycles. The zero-order chi connectivity index (χ0) is 14.3. The largest absolute Gasteiger partial charge is 0.507 e. The summed E-state index contributed by atoms with van der Waals surface area (Å²) in [4.78, 5) is 11.7. The van der Waals surface area contributed by atoms with Crippen molar-refractivity contribution in [3.05, 3.63) is 28.8 Å². The number of hydrogen-bond acceptors (Lipinski definition) is 3. The van der Waals surface area contributed by atoms with Crippen LogP contribution < -0.4 is 0 Å². The van der Waals surface area contributed by atoms with Crippen LogP contribution in [0.5, 0.6) is 5.75 Å². The summed E-state index contributed by atoms with van der Waals surface area (Å²) in [7, 11) is 1.34. The smallest absolute Gasteiger partial charge is 0.341 e. The number of carbonyl (C=O) groups excluding carboxylic acids is 1. The van der Waals surface area contributed by atoms with E-state index in [1.54, 1.807) is 6.07 Å². The van der Waals surface area contributed by atoms with Crippen LogP contribution in [0.2, 0.25) is 0 Å². The number of aromatic hydroxyl groups is 1. The molecule has 1 N–H and O–H groups in total. The van der Waals surface area contributed by atoms with Gasteiger partial charge in [0.25, 0.3) is 0 Å². The molecule has 3 heteroatoms. The number of unbranched alkanes of at least 4 members (excludes halogenated alkanes) is 2. The van der Waals surface area contributed by atoms with Gasteiger partial charge in [0, 0.05) is 0 Å². The number of phenols is 1. The highest BCUT2D eigenvalue weighted by Gasteiger charge is 2.16. The van der Waals surface area contributed by atoms with Gasteiger partial charge in [-0.15, -0.1) is 0 Å². The number of esters is 1. The molecule has 0 amide bonds. The maximum atomic E-state index is 11.7. The molecule has 0 spiro atoms. The Labute approximate surface area is 115 Å². The number of carbonyl (C=O) groups is 1. The Morgan fingerprint density at radius 2 is 1.79 bits per heavy atom. The molecule has 1 aromatic carbocycles. The van der Waals surface area contributed by atoms with Gasteiger partial charge in [0.1, 0.15) is 11.3 Å². The van der Waals surface area contributed by atoms with Crippen LogP contribution in [0.15, 0.2) is 12.1 Å². The van der Waals surface area contributed by atoms with Gasteiger partial charge < -0.3 is 9.84 Å². The molecule has 1 aromatic rings.